The van der Waals surface area contributed by atoms with Gasteiger partial charge >= 0.3 is 0 Å². The topological polar surface area (TPSA) is 11.4 Å². The Bertz CT molecular complexity index is 6040. The van der Waals surface area contributed by atoms with Crippen LogP contribution >= 0.6 is 0 Å². The van der Waals surface area contributed by atoms with Crippen LogP contribution in [0, 0.1) is 13.8 Å². The molecule has 466 valence electrons. The first-order valence-corrected chi connectivity index (χ1v) is 34.2. The average molecular weight is 1260 g/mol. The van der Waals surface area contributed by atoms with Gasteiger partial charge in [0.2, 0.25) is 0 Å². The Morgan fingerprint density at radius 2 is 0.606 bits per heavy atom. The van der Waals surface area contributed by atoms with E-state index in [2.05, 4.69) is 398 Å². The Kier molecular flexibility index (Phi) is 14.7. The zero-order valence-electron chi connectivity index (χ0n) is 55.1. The molecule has 1 heterocycles. The number of hydrogen-bond acceptors (Lipinski definition) is 2. The summed E-state index contributed by atoms with van der Waals surface area (Å²) in [4.78, 5) is 4.79. The van der Waals surface area contributed by atoms with Gasteiger partial charge in [-0.25, -0.2) is 0 Å². The van der Waals surface area contributed by atoms with Crippen LogP contribution in [0.4, 0.5) is 34.1 Å². The Balaban J connectivity index is 0.605. The average Bonchev–Trinajstić information content (AvgIpc) is 1.70. The molecule has 1 aromatic heterocycles. The zero-order chi connectivity index (χ0) is 65.9. The van der Waals surface area contributed by atoms with Gasteiger partial charge < -0.3 is 14.4 Å². The minimum atomic E-state index is 1.09. The number of hydrogen-bond donors (Lipinski definition) is 0. The Hall–Kier alpha value is -12.8. The summed E-state index contributed by atoms with van der Waals surface area (Å²) in [7, 11) is 0. The third-order valence-corrected chi connectivity index (χ3v) is 20.2. The molecular formula is C96H67N3. The minimum Gasteiger partial charge on any atom is -0.310 e. The van der Waals surface area contributed by atoms with Crippen molar-refractivity contribution in [3.05, 3.63) is 381 Å². The Labute approximate surface area is 577 Å². The van der Waals surface area contributed by atoms with Gasteiger partial charge in [-0.2, -0.15) is 0 Å². The molecule has 3 heteroatoms. The van der Waals surface area contributed by atoms with Gasteiger partial charge in [-0.1, -0.05) is 267 Å². The molecular weight excluding hydrogens is 1200 g/mol. The van der Waals surface area contributed by atoms with Crippen LogP contribution in [0.5, 0.6) is 0 Å². The number of para-hydroxylation sites is 2. The predicted molar refractivity (Wildman–Crippen MR) is 422 cm³/mol. The SMILES string of the molecule is Cc1cc(N(c2ccc(-c3ccccc3)cc2)c2ccc(-c3ccc(-c4ccc5c(ccc6cc(-c7ccc(N(c8cccc(-c9cccc%10ccccc9%10)c8)c8cccc9ccccc89)cc7)ccc65)c4)cc3)cc2)ccc1-c1ccc(-n2c3ccccc3c3ccccc32)cc1C. The second-order valence-corrected chi connectivity index (χ2v) is 26.1. The summed E-state index contributed by atoms with van der Waals surface area (Å²) in [6, 6.07) is 136. The highest BCUT2D eigenvalue weighted by Crippen LogP contribution is 2.45. The summed E-state index contributed by atoms with van der Waals surface area (Å²) in [6.45, 7) is 4.48. The quantitative estimate of drug-likeness (QED) is 0.107. The molecule has 0 fully saturated rings. The van der Waals surface area contributed by atoms with Gasteiger partial charge in [0.05, 0.1) is 16.7 Å². The molecule has 0 saturated carbocycles. The summed E-state index contributed by atoms with van der Waals surface area (Å²) in [6.07, 6.45) is 0. The molecule has 18 rings (SSSR count). The van der Waals surface area contributed by atoms with Crippen LogP contribution in [0.15, 0.2) is 370 Å². The molecule has 0 aliphatic rings. The largest absolute Gasteiger partial charge is 0.310 e. The molecule has 99 heavy (non-hydrogen) atoms. The van der Waals surface area contributed by atoms with Crippen molar-refractivity contribution in [3.63, 3.8) is 0 Å². The molecule has 0 saturated heterocycles. The van der Waals surface area contributed by atoms with Crippen LogP contribution in [-0.2, 0) is 0 Å². The van der Waals surface area contributed by atoms with Gasteiger partial charge in [-0.15, -0.1) is 0 Å². The number of rotatable bonds is 13. The lowest BCUT2D eigenvalue weighted by Gasteiger charge is -2.27. The molecule has 0 aliphatic carbocycles. The van der Waals surface area contributed by atoms with E-state index in [4.69, 9.17) is 0 Å². The standard InChI is InChI=1S/C96H67N3/c1-64-59-83(53-57-85(64)86-58-54-84(60-65(86)2)99-95-30-12-10-27-92(95)93-28-11-13-31-96(93)99)97(79-47-39-68(40-48-79)66-17-4-3-5-18-66)80-49-41-69(42-50-80)67-33-35-70(36-34-67)74-45-55-89-77(61-74)37-38-78-62-75(46-56-90(78)89)71-43-51-81(52-44-71)98(94-32-16-22-73-20-7-9-26-91(73)94)82-24-14-23-76(63-82)88-29-15-21-72-19-6-8-25-87(72)88/h3-63H,1-2H3. The van der Waals surface area contributed by atoms with Crippen molar-refractivity contribution in [1.82, 2.24) is 4.57 Å². The van der Waals surface area contributed by atoms with Gasteiger partial charge in [0.1, 0.15) is 0 Å². The first-order valence-electron chi connectivity index (χ1n) is 34.2. The molecule has 0 unspecified atom stereocenters. The van der Waals surface area contributed by atoms with Gasteiger partial charge in [-0.3, -0.25) is 0 Å². The molecule has 0 radical (unpaired) electrons. The summed E-state index contributed by atoms with van der Waals surface area (Å²) in [5.41, 5.74) is 27.0. The van der Waals surface area contributed by atoms with Crippen molar-refractivity contribution in [2.75, 3.05) is 9.80 Å². The number of nitrogens with zero attached hydrogens (tertiary/aromatic N) is 3. The van der Waals surface area contributed by atoms with Gasteiger partial charge in [-0.05, 0) is 233 Å². The molecule has 0 aliphatic heterocycles. The van der Waals surface area contributed by atoms with Crippen molar-refractivity contribution in [1.29, 1.82) is 0 Å². The fourth-order valence-corrected chi connectivity index (χ4v) is 15.3. The van der Waals surface area contributed by atoms with E-state index in [9.17, 15) is 0 Å². The summed E-state index contributed by atoms with van der Waals surface area (Å²) in [5.74, 6) is 0. The van der Waals surface area contributed by atoms with Crippen LogP contribution < -0.4 is 9.80 Å². The summed E-state index contributed by atoms with van der Waals surface area (Å²) < 4.78 is 2.40. The van der Waals surface area contributed by atoms with Crippen LogP contribution in [0.1, 0.15) is 11.1 Å². The lowest BCUT2D eigenvalue weighted by Crippen LogP contribution is -2.10. The monoisotopic (exact) mass is 1260 g/mol. The second-order valence-electron chi connectivity index (χ2n) is 26.1. The van der Waals surface area contributed by atoms with Crippen molar-refractivity contribution in [3.8, 4) is 72.4 Å². The maximum atomic E-state index is 2.41. The molecule has 0 amide bonds. The van der Waals surface area contributed by atoms with Crippen LogP contribution in [0.2, 0.25) is 0 Å². The molecule has 0 N–H and O–H groups in total. The smallest absolute Gasteiger partial charge is 0.0541 e. The van der Waals surface area contributed by atoms with Crippen LogP contribution in [0.3, 0.4) is 0 Å². The van der Waals surface area contributed by atoms with E-state index in [1.165, 1.54) is 143 Å². The van der Waals surface area contributed by atoms with E-state index in [0.29, 0.717) is 0 Å². The maximum Gasteiger partial charge on any atom is 0.0541 e. The molecule has 0 atom stereocenters. The van der Waals surface area contributed by atoms with Crippen molar-refractivity contribution in [2.45, 2.75) is 13.8 Å². The van der Waals surface area contributed by atoms with Gasteiger partial charge in [0.25, 0.3) is 0 Å². The Morgan fingerprint density at radius 1 is 0.202 bits per heavy atom. The van der Waals surface area contributed by atoms with E-state index >= 15 is 0 Å². The molecule has 0 spiro atoms. The molecule has 0 bridgehead atoms. The van der Waals surface area contributed by atoms with E-state index in [-0.39, 0.29) is 0 Å². The maximum absolute atomic E-state index is 2.41. The highest BCUT2D eigenvalue weighted by molar-refractivity contribution is 6.11. The zero-order valence-corrected chi connectivity index (χ0v) is 55.1. The number of fused-ring (bicyclic) bond motifs is 8. The van der Waals surface area contributed by atoms with Crippen molar-refractivity contribution in [2.24, 2.45) is 0 Å². The highest BCUT2D eigenvalue weighted by Gasteiger charge is 2.21. The van der Waals surface area contributed by atoms with Gasteiger partial charge in [0.15, 0.2) is 0 Å². The van der Waals surface area contributed by atoms with Crippen molar-refractivity contribution >= 4 is 99.0 Å². The number of aryl methyl sites for hydroxylation is 2. The first-order chi connectivity index (χ1) is 48.9. The minimum absolute atomic E-state index is 1.09. The van der Waals surface area contributed by atoms with Crippen LogP contribution in [-0.4, -0.2) is 4.57 Å². The second kappa shape index (κ2) is 24.7. The third kappa shape index (κ3) is 10.7. The third-order valence-electron chi connectivity index (χ3n) is 20.2. The lowest BCUT2D eigenvalue weighted by molar-refractivity contribution is 1.17. The number of aromatic nitrogens is 1. The molecule has 3 nitrogen and oxygen atoms in total. The summed E-state index contributed by atoms with van der Waals surface area (Å²) >= 11 is 0. The van der Waals surface area contributed by atoms with E-state index in [1.807, 2.05) is 0 Å². The van der Waals surface area contributed by atoms with E-state index in [0.717, 1.165) is 39.7 Å². The predicted octanol–water partition coefficient (Wildman–Crippen LogP) is 27.0. The van der Waals surface area contributed by atoms with Gasteiger partial charge in [0, 0.05) is 50.3 Å². The molecule has 17 aromatic carbocycles. The Morgan fingerprint density at radius 3 is 1.18 bits per heavy atom. The summed E-state index contributed by atoms with van der Waals surface area (Å²) in [5, 5.41) is 12.4. The molecule has 18 aromatic rings. The van der Waals surface area contributed by atoms with Crippen molar-refractivity contribution < 1.29 is 0 Å². The van der Waals surface area contributed by atoms with E-state index < -0.39 is 0 Å². The van der Waals surface area contributed by atoms with Crippen LogP contribution in [0.25, 0.3) is 137 Å². The normalized spacial score (nSPS) is 11.5. The fraction of sp³-hybridized carbons (Fsp3) is 0.0208. The van der Waals surface area contributed by atoms with E-state index in [1.54, 1.807) is 0 Å². The number of anilines is 6. The fourth-order valence-electron chi connectivity index (χ4n) is 15.3. The highest BCUT2D eigenvalue weighted by atomic mass is 15.1. The first kappa shape index (κ1) is 58.7. The number of benzene rings is 17. The lowest BCUT2D eigenvalue weighted by atomic mass is 9.94.